The molecule has 0 fully saturated rings. The lowest BCUT2D eigenvalue weighted by molar-refractivity contribution is -0.140. The van der Waals surface area contributed by atoms with E-state index >= 15 is 0 Å². The summed E-state index contributed by atoms with van der Waals surface area (Å²) in [5, 5.41) is 2.82. The Kier molecular flexibility index (Phi) is 6.96. The highest BCUT2D eigenvalue weighted by atomic mass is 16.2. The van der Waals surface area contributed by atoms with Crippen LogP contribution in [0.3, 0.4) is 0 Å². The van der Waals surface area contributed by atoms with Crippen molar-refractivity contribution in [2.75, 3.05) is 6.54 Å². The van der Waals surface area contributed by atoms with Crippen molar-refractivity contribution in [3.63, 3.8) is 0 Å². The quantitative estimate of drug-likeness (QED) is 0.830. The lowest BCUT2D eigenvalue weighted by Crippen LogP contribution is -2.48. The van der Waals surface area contributed by atoms with E-state index in [0.717, 1.165) is 22.3 Å². The molecule has 4 nitrogen and oxygen atoms in total. The minimum atomic E-state index is -0.521. The largest absolute Gasteiger partial charge is 0.355 e. The number of amides is 2. The Morgan fingerprint density at radius 2 is 1.81 bits per heavy atom. The van der Waals surface area contributed by atoms with Crippen LogP contribution in [0.2, 0.25) is 0 Å². The van der Waals surface area contributed by atoms with Gasteiger partial charge in [0, 0.05) is 13.1 Å². The van der Waals surface area contributed by atoms with Gasteiger partial charge >= 0.3 is 0 Å². The van der Waals surface area contributed by atoms with E-state index in [1.807, 2.05) is 69.3 Å². The molecule has 0 aliphatic rings. The topological polar surface area (TPSA) is 49.4 Å². The molecular weight excluding hydrogens is 324 g/mol. The second kappa shape index (κ2) is 9.18. The second-order valence-corrected chi connectivity index (χ2v) is 6.68. The molecule has 0 saturated carbocycles. The van der Waals surface area contributed by atoms with Crippen molar-refractivity contribution in [1.29, 1.82) is 0 Å². The lowest BCUT2D eigenvalue weighted by atomic mass is 10.0. The molecule has 0 aromatic heterocycles. The summed E-state index contributed by atoms with van der Waals surface area (Å²) in [5.41, 5.74) is 4.26. The zero-order chi connectivity index (χ0) is 19.1. The lowest BCUT2D eigenvalue weighted by Gasteiger charge is -2.29. The molecule has 0 radical (unpaired) electrons. The highest BCUT2D eigenvalue weighted by molar-refractivity contribution is 5.88. The Bertz CT molecular complexity index is 770. The smallest absolute Gasteiger partial charge is 0.242 e. The van der Waals surface area contributed by atoms with Gasteiger partial charge in [0.05, 0.1) is 6.42 Å². The summed E-state index contributed by atoms with van der Waals surface area (Å²) in [7, 11) is 0. The van der Waals surface area contributed by atoms with Crippen LogP contribution in [-0.4, -0.2) is 29.3 Å². The molecule has 0 aliphatic carbocycles. The summed E-state index contributed by atoms with van der Waals surface area (Å²) >= 11 is 0. The Hall–Kier alpha value is -2.62. The summed E-state index contributed by atoms with van der Waals surface area (Å²) in [6.07, 6.45) is 0.289. The molecule has 0 saturated heterocycles. The van der Waals surface area contributed by atoms with Crippen molar-refractivity contribution in [3.05, 3.63) is 70.8 Å². The monoisotopic (exact) mass is 352 g/mol. The van der Waals surface area contributed by atoms with Crippen LogP contribution >= 0.6 is 0 Å². The van der Waals surface area contributed by atoms with Gasteiger partial charge in [-0.05, 0) is 44.4 Å². The van der Waals surface area contributed by atoms with E-state index in [4.69, 9.17) is 0 Å². The minimum absolute atomic E-state index is 0.0439. The summed E-state index contributed by atoms with van der Waals surface area (Å²) < 4.78 is 0. The van der Waals surface area contributed by atoms with Gasteiger partial charge in [0.25, 0.3) is 0 Å². The summed E-state index contributed by atoms with van der Waals surface area (Å²) in [6, 6.07) is 15.4. The first kappa shape index (κ1) is 19.7. The van der Waals surface area contributed by atoms with Crippen LogP contribution in [0.1, 0.15) is 36.1 Å². The molecule has 0 spiro atoms. The van der Waals surface area contributed by atoms with Gasteiger partial charge in [-0.15, -0.1) is 0 Å². The number of aryl methyl sites for hydroxylation is 2. The number of benzene rings is 2. The van der Waals surface area contributed by atoms with Gasteiger partial charge < -0.3 is 10.2 Å². The number of carbonyl (C=O) groups is 2. The Labute approximate surface area is 156 Å². The molecule has 138 valence electrons. The Morgan fingerprint density at radius 1 is 1.08 bits per heavy atom. The molecule has 4 heteroatoms. The molecule has 0 heterocycles. The number of nitrogens with zero attached hydrogens (tertiary/aromatic N) is 1. The SMILES string of the molecule is CCNC(=O)[C@@H](C)N(Cc1ccccc1C)C(=O)Cc1cccc(C)c1. The van der Waals surface area contributed by atoms with Gasteiger partial charge in [0.1, 0.15) is 6.04 Å². The molecule has 1 N–H and O–H groups in total. The predicted molar refractivity (Wildman–Crippen MR) is 105 cm³/mol. The zero-order valence-electron chi connectivity index (χ0n) is 16.1. The van der Waals surface area contributed by atoms with Gasteiger partial charge in [0.15, 0.2) is 0 Å². The van der Waals surface area contributed by atoms with E-state index in [1.165, 1.54) is 0 Å². The maximum absolute atomic E-state index is 13.0. The highest BCUT2D eigenvalue weighted by Gasteiger charge is 2.26. The third-order valence-corrected chi connectivity index (χ3v) is 4.56. The first-order chi connectivity index (χ1) is 12.4. The van der Waals surface area contributed by atoms with Crippen LogP contribution in [0.15, 0.2) is 48.5 Å². The van der Waals surface area contributed by atoms with Gasteiger partial charge in [-0.25, -0.2) is 0 Å². The number of hydrogen-bond acceptors (Lipinski definition) is 2. The first-order valence-corrected chi connectivity index (χ1v) is 9.09. The maximum atomic E-state index is 13.0. The number of nitrogens with one attached hydrogen (secondary N) is 1. The van der Waals surface area contributed by atoms with Crippen molar-refractivity contribution in [1.82, 2.24) is 10.2 Å². The fourth-order valence-electron chi connectivity index (χ4n) is 2.97. The van der Waals surface area contributed by atoms with Crippen LogP contribution in [0.4, 0.5) is 0 Å². The molecule has 0 unspecified atom stereocenters. The number of carbonyl (C=O) groups excluding carboxylic acids is 2. The van der Waals surface area contributed by atoms with Crippen molar-refractivity contribution in [3.8, 4) is 0 Å². The first-order valence-electron chi connectivity index (χ1n) is 9.09. The van der Waals surface area contributed by atoms with E-state index in [2.05, 4.69) is 5.32 Å². The van der Waals surface area contributed by atoms with Crippen LogP contribution in [0, 0.1) is 13.8 Å². The molecule has 2 rings (SSSR count). The third kappa shape index (κ3) is 5.19. The summed E-state index contributed by atoms with van der Waals surface area (Å²) in [5.74, 6) is -0.170. The molecule has 2 amide bonds. The molecule has 0 aliphatic heterocycles. The fourth-order valence-corrected chi connectivity index (χ4v) is 2.97. The van der Waals surface area contributed by atoms with E-state index in [0.29, 0.717) is 13.1 Å². The summed E-state index contributed by atoms with van der Waals surface area (Å²) in [6.45, 7) is 8.68. The van der Waals surface area contributed by atoms with Crippen LogP contribution in [-0.2, 0) is 22.6 Å². The number of hydrogen-bond donors (Lipinski definition) is 1. The number of likely N-dealkylation sites (N-methyl/N-ethyl adjacent to an activating group) is 1. The molecule has 0 bridgehead atoms. The maximum Gasteiger partial charge on any atom is 0.242 e. The van der Waals surface area contributed by atoms with Gasteiger partial charge in [0.2, 0.25) is 11.8 Å². The summed E-state index contributed by atoms with van der Waals surface area (Å²) in [4.78, 5) is 27.1. The normalized spacial score (nSPS) is 11.7. The minimum Gasteiger partial charge on any atom is -0.355 e. The predicted octanol–water partition coefficient (Wildman–Crippen LogP) is 3.40. The van der Waals surface area contributed by atoms with Gasteiger partial charge in [-0.1, -0.05) is 54.1 Å². The Morgan fingerprint density at radius 3 is 2.46 bits per heavy atom. The molecule has 2 aromatic rings. The van der Waals surface area contributed by atoms with E-state index < -0.39 is 6.04 Å². The molecule has 1 atom stereocenters. The average molecular weight is 352 g/mol. The zero-order valence-corrected chi connectivity index (χ0v) is 16.1. The van der Waals surface area contributed by atoms with Crippen molar-refractivity contribution in [2.24, 2.45) is 0 Å². The average Bonchev–Trinajstić information content (AvgIpc) is 2.60. The molecular formula is C22H28N2O2. The highest BCUT2D eigenvalue weighted by Crippen LogP contribution is 2.15. The Balaban J connectivity index is 2.25. The van der Waals surface area contributed by atoms with Crippen molar-refractivity contribution < 1.29 is 9.59 Å². The second-order valence-electron chi connectivity index (χ2n) is 6.68. The van der Waals surface area contributed by atoms with Crippen LogP contribution in [0.25, 0.3) is 0 Å². The van der Waals surface area contributed by atoms with E-state index in [-0.39, 0.29) is 18.2 Å². The number of rotatable bonds is 7. The van der Waals surface area contributed by atoms with Gasteiger partial charge in [-0.2, -0.15) is 0 Å². The molecule has 26 heavy (non-hydrogen) atoms. The third-order valence-electron chi connectivity index (χ3n) is 4.56. The van der Waals surface area contributed by atoms with Crippen LogP contribution < -0.4 is 5.32 Å². The van der Waals surface area contributed by atoms with E-state index in [1.54, 1.807) is 11.8 Å². The van der Waals surface area contributed by atoms with Crippen molar-refractivity contribution >= 4 is 11.8 Å². The molecule has 2 aromatic carbocycles. The standard InChI is InChI=1S/C22H28N2O2/c1-5-23-22(26)18(4)24(15-20-12-7-6-10-17(20)3)21(25)14-19-11-8-9-16(2)13-19/h6-13,18H,5,14-15H2,1-4H3,(H,23,26)/t18-/m1/s1. The fraction of sp³-hybridized carbons (Fsp3) is 0.364. The van der Waals surface area contributed by atoms with E-state index in [9.17, 15) is 9.59 Å². The van der Waals surface area contributed by atoms with Crippen molar-refractivity contribution in [2.45, 2.75) is 46.7 Å². The van der Waals surface area contributed by atoms with Crippen LogP contribution in [0.5, 0.6) is 0 Å². The van der Waals surface area contributed by atoms with Gasteiger partial charge in [-0.3, -0.25) is 9.59 Å².